The molecule has 1 atom stereocenters. The standard InChI is InChI=1S/C15H20BrClN2/c1-5-15(3,4)9-19-13-8-11(16)6-7-12(13)18-14(19)10(2)17/h6-8,10H,5,9H2,1-4H3. The average Bonchev–Trinajstić information content (AvgIpc) is 2.67. The van der Waals surface area contributed by atoms with Crippen molar-refractivity contribution in [2.75, 3.05) is 0 Å². The van der Waals surface area contributed by atoms with Crippen molar-refractivity contribution in [1.29, 1.82) is 0 Å². The van der Waals surface area contributed by atoms with Crippen LogP contribution in [0.5, 0.6) is 0 Å². The van der Waals surface area contributed by atoms with Crippen molar-refractivity contribution >= 4 is 38.6 Å². The van der Waals surface area contributed by atoms with Crippen LogP contribution >= 0.6 is 27.5 Å². The molecular formula is C15H20BrClN2. The molecule has 1 heterocycles. The van der Waals surface area contributed by atoms with Crippen LogP contribution in [-0.2, 0) is 6.54 Å². The maximum absolute atomic E-state index is 6.30. The third-order valence-electron chi connectivity index (χ3n) is 3.64. The van der Waals surface area contributed by atoms with Gasteiger partial charge in [0.1, 0.15) is 5.82 Å². The Balaban J connectivity index is 2.60. The predicted octanol–water partition coefficient (Wildman–Crippen LogP) is 5.53. The van der Waals surface area contributed by atoms with E-state index in [0.29, 0.717) is 0 Å². The summed E-state index contributed by atoms with van der Waals surface area (Å²) in [5.74, 6) is 0.955. The van der Waals surface area contributed by atoms with Gasteiger partial charge in [-0.2, -0.15) is 0 Å². The molecule has 0 saturated heterocycles. The van der Waals surface area contributed by atoms with Gasteiger partial charge in [0.15, 0.2) is 0 Å². The zero-order valence-electron chi connectivity index (χ0n) is 11.9. The molecule has 1 unspecified atom stereocenters. The van der Waals surface area contributed by atoms with E-state index in [1.807, 2.05) is 19.1 Å². The maximum atomic E-state index is 6.30. The Morgan fingerprint density at radius 1 is 1.42 bits per heavy atom. The SMILES string of the molecule is CCC(C)(C)Cn1c(C(C)Cl)nc2ccc(Br)cc21. The topological polar surface area (TPSA) is 17.8 Å². The second-order valence-electron chi connectivity index (χ2n) is 5.82. The van der Waals surface area contributed by atoms with Gasteiger partial charge >= 0.3 is 0 Å². The van der Waals surface area contributed by atoms with Gasteiger partial charge in [0, 0.05) is 11.0 Å². The van der Waals surface area contributed by atoms with Crippen molar-refractivity contribution in [3.63, 3.8) is 0 Å². The Morgan fingerprint density at radius 2 is 2.11 bits per heavy atom. The van der Waals surface area contributed by atoms with Crippen LogP contribution in [0.1, 0.15) is 45.3 Å². The molecule has 1 aromatic carbocycles. The first-order valence-corrected chi connectivity index (χ1v) is 7.87. The lowest BCUT2D eigenvalue weighted by Crippen LogP contribution is -2.20. The number of hydrogen-bond acceptors (Lipinski definition) is 1. The van der Waals surface area contributed by atoms with E-state index in [-0.39, 0.29) is 10.8 Å². The highest BCUT2D eigenvalue weighted by Gasteiger charge is 2.22. The Bertz CT molecular complexity index is 587. The molecule has 0 radical (unpaired) electrons. The van der Waals surface area contributed by atoms with Crippen LogP contribution in [0.2, 0.25) is 0 Å². The van der Waals surface area contributed by atoms with Crippen LogP contribution in [0.25, 0.3) is 11.0 Å². The molecule has 0 amide bonds. The van der Waals surface area contributed by atoms with Crippen LogP contribution in [0, 0.1) is 5.41 Å². The quantitative estimate of drug-likeness (QED) is 0.667. The Labute approximate surface area is 128 Å². The number of fused-ring (bicyclic) bond motifs is 1. The average molecular weight is 344 g/mol. The first-order valence-electron chi connectivity index (χ1n) is 6.64. The minimum Gasteiger partial charge on any atom is -0.326 e. The van der Waals surface area contributed by atoms with E-state index in [4.69, 9.17) is 11.6 Å². The number of halogens is 2. The highest BCUT2D eigenvalue weighted by molar-refractivity contribution is 9.10. The number of nitrogens with zero attached hydrogens (tertiary/aromatic N) is 2. The largest absolute Gasteiger partial charge is 0.326 e. The third-order valence-corrected chi connectivity index (χ3v) is 4.33. The molecule has 0 bridgehead atoms. The first-order chi connectivity index (χ1) is 8.84. The number of alkyl halides is 1. The molecule has 0 saturated carbocycles. The molecule has 19 heavy (non-hydrogen) atoms. The van der Waals surface area contributed by atoms with E-state index in [9.17, 15) is 0 Å². The van der Waals surface area contributed by atoms with Gasteiger partial charge in [-0.05, 0) is 37.0 Å². The summed E-state index contributed by atoms with van der Waals surface area (Å²) in [4.78, 5) is 4.68. The van der Waals surface area contributed by atoms with Crippen LogP contribution in [0.15, 0.2) is 22.7 Å². The molecule has 4 heteroatoms. The van der Waals surface area contributed by atoms with Gasteiger partial charge in [0.2, 0.25) is 0 Å². The van der Waals surface area contributed by atoms with Crippen LogP contribution < -0.4 is 0 Å². The third kappa shape index (κ3) is 3.14. The summed E-state index contributed by atoms with van der Waals surface area (Å²) in [6, 6.07) is 6.18. The lowest BCUT2D eigenvalue weighted by atomic mass is 9.90. The number of rotatable bonds is 4. The predicted molar refractivity (Wildman–Crippen MR) is 85.8 cm³/mol. The molecule has 2 nitrogen and oxygen atoms in total. The summed E-state index contributed by atoms with van der Waals surface area (Å²) in [6.45, 7) is 9.69. The van der Waals surface area contributed by atoms with Crippen molar-refractivity contribution in [2.45, 2.75) is 46.0 Å². The number of hydrogen-bond donors (Lipinski definition) is 0. The van der Waals surface area contributed by atoms with E-state index in [0.717, 1.165) is 34.3 Å². The maximum Gasteiger partial charge on any atom is 0.127 e. The second kappa shape index (κ2) is 5.45. The van der Waals surface area contributed by atoms with Crippen molar-refractivity contribution in [1.82, 2.24) is 9.55 Å². The minimum atomic E-state index is -0.0844. The fraction of sp³-hybridized carbons (Fsp3) is 0.533. The van der Waals surface area contributed by atoms with Gasteiger partial charge in [-0.25, -0.2) is 4.98 Å². The van der Waals surface area contributed by atoms with Crippen LogP contribution in [-0.4, -0.2) is 9.55 Å². The highest BCUT2D eigenvalue weighted by atomic mass is 79.9. The normalized spacial score (nSPS) is 14.0. The number of aromatic nitrogens is 2. The van der Waals surface area contributed by atoms with Crippen LogP contribution in [0.4, 0.5) is 0 Å². The molecular weight excluding hydrogens is 324 g/mol. The molecule has 0 fully saturated rings. The molecule has 2 aromatic rings. The van der Waals surface area contributed by atoms with E-state index in [1.165, 1.54) is 0 Å². The molecule has 2 rings (SSSR count). The fourth-order valence-electron chi connectivity index (χ4n) is 2.12. The molecule has 0 spiro atoms. The van der Waals surface area contributed by atoms with Crippen molar-refractivity contribution < 1.29 is 0 Å². The summed E-state index contributed by atoms with van der Waals surface area (Å²) >= 11 is 9.83. The molecule has 104 valence electrons. The van der Waals surface area contributed by atoms with E-state index in [1.54, 1.807) is 0 Å². The van der Waals surface area contributed by atoms with Gasteiger partial charge in [-0.15, -0.1) is 11.6 Å². The smallest absolute Gasteiger partial charge is 0.127 e. The van der Waals surface area contributed by atoms with Gasteiger partial charge in [0.05, 0.1) is 16.4 Å². The summed E-state index contributed by atoms with van der Waals surface area (Å²) in [5, 5.41) is -0.0844. The Hall–Kier alpha value is -0.540. The second-order valence-corrected chi connectivity index (χ2v) is 7.39. The Morgan fingerprint density at radius 3 is 2.68 bits per heavy atom. The molecule has 0 aliphatic rings. The van der Waals surface area contributed by atoms with E-state index >= 15 is 0 Å². The van der Waals surface area contributed by atoms with Gasteiger partial charge < -0.3 is 4.57 Å². The van der Waals surface area contributed by atoms with Crippen molar-refractivity contribution in [2.24, 2.45) is 5.41 Å². The molecule has 0 aliphatic heterocycles. The summed E-state index contributed by atoms with van der Waals surface area (Å²) in [7, 11) is 0. The minimum absolute atomic E-state index is 0.0844. The molecule has 1 aromatic heterocycles. The van der Waals surface area contributed by atoms with Gasteiger partial charge in [0.25, 0.3) is 0 Å². The monoisotopic (exact) mass is 342 g/mol. The number of benzene rings is 1. The van der Waals surface area contributed by atoms with E-state index < -0.39 is 0 Å². The van der Waals surface area contributed by atoms with Gasteiger partial charge in [-0.1, -0.05) is 36.7 Å². The zero-order chi connectivity index (χ0) is 14.2. The Kier molecular flexibility index (Phi) is 4.26. The van der Waals surface area contributed by atoms with Crippen molar-refractivity contribution in [3.05, 3.63) is 28.5 Å². The van der Waals surface area contributed by atoms with Gasteiger partial charge in [-0.3, -0.25) is 0 Å². The number of imidazole rings is 1. The fourth-order valence-corrected chi connectivity index (χ4v) is 2.64. The zero-order valence-corrected chi connectivity index (χ0v) is 14.2. The lowest BCUT2D eigenvalue weighted by molar-refractivity contribution is 0.294. The lowest BCUT2D eigenvalue weighted by Gasteiger charge is -2.25. The first kappa shape index (κ1) is 14.9. The molecule has 0 aliphatic carbocycles. The van der Waals surface area contributed by atoms with Crippen molar-refractivity contribution in [3.8, 4) is 0 Å². The van der Waals surface area contributed by atoms with E-state index in [2.05, 4.69) is 52.3 Å². The van der Waals surface area contributed by atoms with Crippen LogP contribution in [0.3, 0.4) is 0 Å². The summed E-state index contributed by atoms with van der Waals surface area (Å²) in [5.41, 5.74) is 2.40. The highest BCUT2D eigenvalue weighted by Crippen LogP contribution is 2.31. The summed E-state index contributed by atoms with van der Waals surface area (Å²) in [6.07, 6.45) is 1.12. The summed E-state index contributed by atoms with van der Waals surface area (Å²) < 4.78 is 3.34. The molecule has 0 N–H and O–H groups in total.